The second-order valence-electron chi connectivity index (χ2n) is 6.91. The molecule has 0 N–H and O–H groups in total. The Morgan fingerprint density at radius 1 is 0.955 bits per heavy atom. The minimum Gasteiger partial charge on any atom is -0.462 e. The first-order chi connectivity index (χ1) is 10.2. The van der Waals surface area contributed by atoms with Crippen molar-refractivity contribution < 1.29 is 19.1 Å². The average Bonchev–Trinajstić information content (AvgIpc) is 2.49. The number of carbonyl (C=O) groups is 2. The molecule has 0 aliphatic rings. The molecule has 0 fully saturated rings. The van der Waals surface area contributed by atoms with Gasteiger partial charge in [0, 0.05) is 0 Å². The molecule has 0 radical (unpaired) electrons. The van der Waals surface area contributed by atoms with E-state index >= 15 is 0 Å². The van der Waals surface area contributed by atoms with Crippen LogP contribution in [0, 0.1) is 23.2 Å². The Morgan fingerprint density at radius 2 is 1.45 bits per heavy atom. The van der Waals surface area contributed by atoms with Gasteiger partial charge in [0.1, 0.15) is 13.2 Å². The number of esters is 2. The molecule has 0 bridgehead atoms. The van der Waals surface area contributed by atoms with Crippen LogP contribution < -0.4 is 0 Å². The van der Waals surface area contributed by atoms with Crippen LogP contribution in [0.15, 0.2) is 0 Å². The molecule has 22 heavy (non-hydrogen) atoms. The molecular formula is C18H34O4. The zero-order valence-corrected chi connectivity index (χ0v) is 15.4. The summed E-state index contributed by atoms with van der Waals surface area (Å²) in [6.45, 7) is 14.6. The van der Waals surface area contributed by atoms with Crippen LogP contribution in [-0.2, 0) is 19.1 Å². The Hall–Kier alpha value is -1.06. The first-order valence-corrected chi connectivity index (χ1v) is 8.51. The third-order valence-corrected chi connectivity index (χ3v) is 4.83. The summed E-state index contributed by atoms with van der Waals surface area (Å²) in [4.78, 5) is 23.4. The van der Waals surface area contributed by atoms with Crippen molar-refractivity contribution in [2.24, 2.45) is 23.2 Å². The van der Waals surface area contributed by atoms with Gasteiger partial charge >= 0.3 is 11.9 Å². The fourth-order valence-corrected chi connectivity index (χ4v) is 2.56. The number of hydrogen-bond acceptors (Lipinski definition) is 4. The summed E-state index contributed by atoms with van der Waals surface area (Å²) < 4.78 is 10.2. The average molecular weight is 314 g/mol. The highest BCUT2D eigenvalue weighted by Crippen LogP contribution is 2.39. The predicted molar refractivity (Wildman–Crippen MR) is 88.4 cm³/mol. The lowest BCUT2D eigenvalue weighted by Crippen LogP contribution is -2.30. The van der Waals surface area contributed by atoms with Gasteiger partial charge in [0.25, 0.3) is 0 Å². The zero-order valence-electron chi connectivity index (χ0n) is 15.4. The van der Waals surface area contributed by atoms with Gasteiger partial charge in [-0.15, -0.1) is 0 Å². The fraction of sp³-hybridized carbons (Fsp3) is 0.889. The molecule has 3 atom stereocenters. The van der Waals surface area contributed by atoms with Gasteiger partial charge in [0.15, 0.2) is 0 Å². The van der Waals surface area contributed by atoms with E-state index in [1.807, 2.05) is 6.92 Å². The van der Waals surface area contributed by atoms with Gasteiger partial charge in [-0.3, -0.25) is 9.59 Å². The number of carbonyl (C=O) groups excluding carboxylic acids is 2. The molecule has 4 nitrogen and oxygen atoms in total. The van der Waals surface area contributed by atoms with Crippen LogP contribution in [0.1, 0.15) is 67.7 Å². The van der Waals surface area contributed by atoms with Crippen molar-refractivity contribution in [2.45, 2.75) is 67.7 Å². The van der Waals surface area contributed by atoms with E-state index in [0.29, 0.717) is 5.92 Å². The Morgan fingerprint density at radius 3 is 1.86 bits per heavy atom. The van der Waals surface area contributed by atoms with Crippen LogP contribution in [0.25, 0.3) is 0 Å². The molecule has 0 amide bonds. The maximum Gasteiger partial charge on any atom is 0.308 e. The molecule has 0 saturated heterocycles. The Labute approximate surface area is 135 Å². The van der Waals surface area contributed by atoms with Crippen LogP contribution in [0.5, 0.6) is 0 Å². The highest BCUT2D eigenvalue weighted by atomic mass is 16.6. The van der Waals surface area contributed by atoms with E-state index in [0.717, 1.165) is 19.3 Å². The number of hydrogen-bond donors (Lipinski definition) is 0. The Kier molecular flexibility index (Phi) is 9.38. The molecule has 0 aliphatic carbocycles. The second kappa shape index (κ2) is 9.86. The molecule has 0 aromatic carbocycles. The van der Waals surface area contributed by atoms with E-state index < -0.39 is 0 Å². The van der Waals surface area contributed by atoms with Gasteiger partial charge in [-0.2, -0.15) is 0 Å². The van der Waals surface area contributed by atoms with Gasteiger partial charge in [-0.1, -0.05) is 61.3 Å². The van der Waals surface area contributed by atoms with E-state index in [1.54, 1.807) is 13.8 Å². The maximum atomic E-state index is 12.1. The lowest BCUT2D eigenvalue weighted by Gasteiger charge is -2.36. The van der Waals surface area contributed by atoms with Crippen molar-refractivity contribution in [3.05, 3.63) is 0 Å². The van der Waals surface area contributed by atoms with E-state index in [4.69, 9.17) is 9.47 Å². The van der Waals surface area contributed by atoms with E-state index in [1.165, 1.54) is 0 Å². The third-order valence-electron chi connectivity index (χ3n) is 4.83. The molecule has 0 spiro atoms. The molecule has 0 aromatic heterocycles. The van der Waals surface area contributed by atoms with Crippen molar-refractivity contribution in [2.75, 3.05) is 13.2 Å². The summed E-state index contributed by atoms with van der Waals surface area (Å²) in [6, 6.07) is 0. The molecular weight excluding hydrogens is 280 g/mol. The maximum absolute atomic E-state index is 12.1. The summed E-state index contributed by atoms with van der Waals surface area (Å²) in [5.41, 5.74) is 0.150. The van der Waals surface area contributed by atoms with E-state index in [9.17, 15) is 9.59 Å². The molecule has 130 valence electrons. The lowest BCUT2D eigenvalue weighted by molar-refractivity contribution is -0.157. The quantitative estimate of drug-likeness (QED) is 0.447. The molecule has 2 unspecified atom stereocenters. The minimum atomic E-state index is -0.264. The van der Waals surface area contributed by atoms with Crippen LogP contribution in [0.4, 0.5) is 0 Å². The molecule has 4 heteroatoms. The predicted octanol–water partition coefficient (Wildman–Crippen LogP) is 4.22. The van der Waals surface area contributed by atoms with E-state index in [2.05, 4.69) is 27.7 Å². The van der Waals surface area contributed by atoms with Crippen molar-refractivity contribution in [3.63, 3.8) is 0 Å². The van der Waals surface area contributed by atoms with Crippen molar-refractivity contribution in [1.82, 2.24) is 0 Å². The van der Waals surface area contributed by atoms with E-state index in [-0.39, 0.29) is 42.4 Å². The largest absolute Gasteiger partial charge is 0.462 e. The fourth-order valence-electron chi connectivity index (χ4n) is 2.56. The first kappa shape index (κ1) is 20.9. The van der Waals surface area contributed by atoms with Crippen LogP contribution in [-0.4, -0.2) is 25.2 Å². The van der Waals surface area contributed by atoms with Gasteiger partial charge in [-0.25, -0.2) is 0 Å². The topological polar surface area (TPSA) is 52.6 Å². The van der Waals surface area contributed by atoms with Crippen LogP contribution in [0.2, 0.25) is 0 Å². The molecule has 0 aliphatic heterocycles. The second-order valence-corrected chi connectivity index (χ2v) is 6.91. The van der Waals surface area contributed by atoms with Crippen molar-refractivity contribution in [3.8, 4) is 0 Å². The summed E-state index contributed by atoms with van der Waals surface area (Å²) in [7, 11) is 0. The smallest absolute Gasteiger partial charge is 0.308 e. The normalized spacial score (nSPS) is 16.7. The van der Waals surface area contributed by atoms with Gasteiger partial charge in [0.05, 0.1) is 11.8 Å². The minimum absolute atomic E-state index is 0.131. The SMILES string of the molecule is CCC(C)[C@@](C)(CC)CC(C)C(=O)OCCOC(=O)C(C)C. The number of ether oxygens (including phenoxy) is 2. The van der Waals surface area contributed by atoms with Crippen molar-refractivity contribution in [1.29, 1.82) is 0 Å². The summed E-state index contributed by atoms with van der Waals surface area (Å²) in [5.74, 6) is -0.196. The third kappa shape index (κ3) is 6.80. The summed E-state index contributed by atoms with van der Waals surface area (Å²) in [6.07, 6.45) is 2.98. The van der Waals surface area contributed by atoms with Crippen LogP contribution in [0.3, 0.4) is 0 Å². The lowest BCUT2D eigenvalue weighted by atomic mass is 9.69. The molecule has 0 heterocycles. The number of rotatable bonds is 10. The first-order valence-electron chi connectivity index (χ1n) is 8.51. The molecule has 0 rings (SSSR count). The standard InChI is InChI=1S/C18H34O4/c1-8-15(6)18(7,9-2)12-14(5)17(20)22-11-10-21-16(19)13(3)4/h13-15H,8-12H2,1-7H3/t14?,15?,18-/m0/s1. The highest BCUT2D eigenvalue weighted by molar-refractivity contribution is 5.72. The summed E-state index contributed by atoms with van der Waals surface area (Å²) in [5, 5.41) is 0. The van der Waals surface area contributed by atoms with Gasteiger partial charge < -0.3 is 9.47 Å². The summed E-state index contributed by atoms with van der Waals surface area (Å²) >= 11 is 0. The molecule has 0 saturated carbocycles. The zero-order chi connectivity index (χ0) is 17.3. The Balaban J connectivity index is 4.24. The Bertz CT molecular complexity index is 351. The highest BCUT2D eigenvalue weighted by Gasteiger charge is 2.32. The van der Waals surface area contributed by atoms with Gasteiger partial charge in [0.2, 0.25) is 0 Å². The molecule has 0 aromatic rings. The van der Waals surface area contributed by atoms with Gasteiger partial charge in [-0.05, 0) is 17.8 Å². The monoisotopic (exact) mass is 314 g/mol. The van der Waals surface area contributed by atoms with Crippen molar-refractivity contribution >= 4 is 11.9 Å². The van der Waals surface area contributed by atoms with Crippen LogP contribution >= 0.6 is 0 Å².